The van der Waals surface area contributed by atoms with Crippen molar-refractivity contribution in [2.45, 2.75) is 6.42 Å². The van der Waals surface area contributed by atoms with Crippen molar-refractivity contribution in [3.05, 3.63) is 52.5 Å². The molecule has 0 atom stereocenters. The summed E-state index contributed by atoms with van der Waals surface area (Å²) in [5.74, 6) is 0.795. The Kier molecular flexibility index (Phi) is 4.49. The zero-order chi connectivity index (χ0) is 20.0. The third-order valence-corrected chi connectivity index (χ3v) is 5.84. The topological polar surface area (TPSA) is 78.7 Å². The number of nitrogens with one attached hydrogen (secondary N) is 1. The standard InChI is InChI=1S/C21H19ClN4O3/c22-15-2-1-3-18-20(15)21(24-29-18)26-8-6-25(7-9-26)12-17(27)13-4-5-16-14(10-13)11-19(28)23-16/h1-5,10H,6-9,11-12H2,(H,23,28). The molecule has 1 saturated heterocycles. The van der Waals surface area contributed by atoms with E-state index in [0.717, 1.165) is 48.6 Å². The fraction of sp³-hybridized carbons (Fsp3) is 0.286. The Bertz CT molecular complexity index is 1120. The van der Waals surface area contributed by atoms with Gasteiger partial charge >= 0.3 is 0 Å². The van der Waals surface area contributed by atoms with E-state index in [1.165, 1.54) is 0 Å². The van der Waals surface area contributed by atoms with E-state index >= 15 is 0 Å². The van der Waals surface area contributed by atoms with Crippen molar-refractivity contribution in [1.29, 1.82) is 0 Å². The summed E-state index contributed by atoms with van der Waals surface area (Å²) in [5, 5.41) is 8.45. The van der Waals surface area contributed by atoms with Crippen molar-refractivity contribution >= 4 is 45.8 Å². The van der Waals surface area contributed by atoms with Gasteiger partial charge in [-0.05, 0) is 35.9 Å². The Morgan fingerprint density at radius 3 is 2.83 bits per heavy atom. The number of rotatable bonds is 4. The van der Waals surface area contributed by atoms with Gasteiger partial charge in [-0.2, -0.15) is 0 Å². The smallest absolute Gasteiger partial charge is 0.228 e. The predicted octanol–water partition coefficient (Wildman–Crippen LogP) is 2.98. The fourth-order valence-corrected chi connectivity index (χ4v) is 4.22. The quantitative estimate of drug-likeness (QED) is 0.666. The van der Waals surface area contributed by atoms with E-state index in [2.05, 4.69) is 20.3 Å². The summed E-state index contributed by atoms with van der Waals surface area (Å²) in [6.45, 7) is 3.32. The first-order chi connectivity index (χ1) is 14.1. The minimum Gasteiger partial charge on any atom is -0.354 e. The lowest BCUT2D eigenvalue weighted by Gasteiger charge is -2.34. The number of amides is 1. The second kappa shape index (κ2) is 7.17. The average Bonchev–Trinajstić information content (AvgIpc) is 3.31. The van der Waals surface area contributed by atoms with Crippen molar-refractivity contribution in [2.24, 2.45) is 0 Å². The maximum atomic E-state index is 12.7. The van der Waals surface area contributed by atoms with Gasteiger partial charge < -0.3 is 14.7 Å². The normalized spacial score (nSPS) is 16.9. The first-order valence-corrected chi connectivity index (χ1v) is 9.93. The molecule has 1 fully saturated rings. The van der Waals surface area contributed by atoms with Gasteiger partial charge in [-0.3, -0.25) is 14.5 Å². The molecule has 0 radical (unpaired) electrons. The van der Waals surface area contributed by atoms with Crippen LogP contribution in [-0.4, -0.2) is 54.5 Å². The lowest BCUT2D eigenvalue weighted by atomic mass is 10.0. The predicted molar refractivity (Wildman–Crippen MR) is 111 cm³/mol. The van der Waals surface area contributed by atoms with Crippen molar-refractivity contribution in [3.63, 3.8) is 0 Å². The van der Waals surface area contributed by atoms with Crippen LogP contribution in [-0.2, 0) is 11.2 Å². The lowest BCUT2D eigenvalue weighted by molar-refractivity contribution is -0.115. The number of carbonyl (C=O) groups is 2. The molecule has 8 heteroatoms. The number of aromatic nitrogens is 1. The highest BCUT2D eigenvalue weighted by Crippen LogP contribution is 2.32. The Labute approximate surface area is 172 Å². The van der Waals surface area contributed by atoms with Crippen LogP contribution in [0.1, 0.15) is 15.9 Å². The number of anilines is 2. The van der Waals surface area contributed by atoms with Crippen molar-refractivity contribution in [1.82, 2.24) is 10.1 Å². The highest BCUT2D eigenvalue weighted by atomic mass is 35.5. The highest BCUT2D eigenvalue weighted by Gasteiger charge is 2.25. The van der Waals surface area contributed by atoms with Crippen LogP contribution in [0.2, 0.25) is 5.02 Å². The molecule has 148 valence electrons. The number of nitrogens with zero attached hydrogens (tertiary/aromatic N) is 3. The van der Waals surface area contributed by atoms with Crippen LogP contribution in [0.25, 0.3) is 11.0 Å². The first kappa shape index (κ1) is 18.1. The molecule has 7 nitrogen and oxygen atoms in total. The van der Waals surface area contributed by atoms with Crippen LogP contribution in [0, 0.1) is 0 Å². The molecular weight excluding hydrogens is 392 g/mol. The van der Waals surface area contributed by atoms with Gasteiger partial charge in [0.05, 0.1) is 23.4 Å². The number of benzene rings is 2. The van der Waals surface area contributed by atoms with E-state index in [1.54, 1.807) is 6.07 Å². The molecule has 0 unspecified atom stereocenters. The minimum absolute atomic E-state index is 0.0267. The molecule has 1 amide bonds. The molecule has 2 aromatic carbocycles. The van der Waals surface area contributed by atoms with Gasteiger partial charge in [0.15, 0.2) is 17.2 Å². The summed E-state index contributed by atoms with van der Waals surface area (Å²) >= 11 is 6.33. The van der Waals surface area contributed by atoms with Gasteiger partial charge in [-0.15, -0.1) is 0 Å². The monoisotopic (exact) mass is 410 g/mol. The van der Waals surface area contributed by atoms with E-state index in [9.17, 15) is 9.59 Å². The molecule has 0 aliphatic carbocycles. The van der Waals surface area contributed by atoms with E-state index in [4.69, 9.17) is 16.1 Å². The number of carbonyl (C=O) groups excluding carboxylic acids is 2. The molecule has 5 rings (SSSR count). The zero-order valence-electron chi connectivity index (χ0n) is 15.7. The molecule has 2 aliphatic rings. The van der Waals surface area contributed by atoms with E-state index in [1.807, 2.05) is 30.3 Å². The molecule has 0 saturated carbocycles. The number of fused-ring (bicyclic) bond motifs is 2. The fourth-order valence-electron chi connectivity index (χ4n) is 3.97. The molecule has 3 aromatic rings. The highest BCUT2D eigenvalue weighted by molar-refractivity contribution is 6.36. The maximum Gasteiger partial charge on any atom is 0.228 e. The van der Waals surface area contributed by atoms with Gasteiger partial charge in [-0.25, -0.2) is 0 Å². The minimum atomic E-state index is -0.0267. The van der Waals surface area contributed by atoms with Gasteiger partial charge in [-0.1, -0.05) is 22.8 Å². The van der Waals surface area contributed by atoms with E-state index < -0.39 is 0 Å². The Balaban J connectivity index is 1.24. The second-order valence-electron chi connectivity index (χ2n) is 7.40. The summed E-state index contributed by atoms with van der Waals surface area (Å²) in [6, 6.07) is 11.0. The number of ketones is 1. The molecule has 29 heavy (non-hydrogen) atoms. The summed E-state index contributed by atoms with van der Waals surface area (Å²) in [4.78, 5) is 28.5. The zero-order valence-corrected chi connectivity index (χ0v) is 16.4. The Hall–Kier alpha value is -2.90. The first-order valence-electron chi connectivity index (χ1n) is 9.55. The van der Waals surface area contributed by atoms with Gasteiger partial charge in [0.1, 0.15) is 0 Å². The number of halogens is 1. The van der Waals surface area contributed by atoms with E-state index in [-0.39, 0.29) is 11.7 Å². The van der Waals surface area contributed by atoms with Gasteiger partial charge in [0.2, 0.25) is 5.91 Å². The molecule has 2 aliphatic heterocycles. The van der Waals surface area contributed by atoms with Crippen molar-refractivity contribution in [2.75, 3.05) is 42.9 Å². The number of Topliss-reactive ketones (excluding diaryl/α,β-unsaturated/α-hetero) is 1. The summed E-state index contributed by atoms with van der Waals surface area (Å²) < 4.78 is 5.40. The van der Waals surface area contributed by atoms with Crippen LogP contribution in [0.3, 0.4) is 0 Å². The largest absolute Gasteiger partial charge is 0.354 e. The van der Waals surface area contributed by atoms with E-state index in [0.29, 0.717) is 29.1 Å². The van der Waals surface area contributed by atoms with Crippen LogP contribution in [0.4, 0.5) is 11.5 Å². The number of piperazine rings is 1. The Morgan fingerprint density at radius 1 is 1.17 bits per heavy atom. The average molecular weight is 411 g/mol. The third kappa shape index (κ3) is 3.36. The van der Waals surface area contributed by atoms with Crippen molar-refractivity contribution in [3.8, 4) is 0 Å². The number of hydrogen-bond donors (Lipinski definition) is 1. The second-order valence-corrected chi connectivity index (χ2v) is 7.81. The summed E-state index contributed by atoms with van der Waals surface area (Å²) in [7, 11) is 0. The molecule has 3 heterocycles. The SMILES string of the molecule is O=C1Cc2cc(C(=O)CN3CCN(c4noc5cccc(Cl)c45)CC3)ccc2N1. The maximum absolute atomic E-state index is 12.7. The van der Waals surface area contributed by atoms with Crippen molar-refractivity contribution < 1.29 is 14.1 Å². The molecular formula is C21H19ClN4O3. The summed E-state index contributed by atoms with van der Waals surface area (Å²) in [6.07, 6.45) is 0.337. The molecule has 0 bridgehead atoms. The van der Waals surface area contributed by atoms with Crippen LogP contribution < -0.4 is 10.2 Å². The molecule has 1 N–H and O–H groups in total. The van der Waals surface area contributed by atoms with Crippen LogP contribution in [0.15, 0.2) is 40.9 Å². The number of hydrogen-bond acceptors (Lipinski definition) is 6. The molecule has 1 aromatic heterocycles. The third-order valence-electron chi connectivity index (χ3n) is 5.52. The lowest BCUT2D eigenvalue weighted by Crippen LogP contribution is -2.48. The van der Waals surface area contributed by atoms with Crippen LogP contribution >= 0.6 is 11.6 Å². The van der Waals surface area contributed by atoms with Crippen LogP contribution in [0.5, 0.6) is 0 Å². The summed E-state index contributed by atoms with van der Waals surface area (Å²) in [5.41, 5.74) is 3.02. The Morgan fingerprint density at radius 2 is 2.00 bits per heavy atom. The van der Waals surface area contributed by atoms with Gasteiger partial charge in [0.25, 0.3) is 0 Å². The van der Waals surface area contributed by atoms with Gasteiger partial charge in [0, 0.05) is 37.4 Å². The molecule has 0 spiro atoms.